The van der Waals surface area contributed by atoms with E-state index in [0.717, 1.165) is 43.1 Å². The van der Waals surface area contributed by atoms with Crippen molar-refractivity contribution in [2.75, 3.05) is 0 Å². The molecule has 0 aliphatic carbocycles. The molecule has 0 aliphatic rings. The van der Waals surface area contributed by atoms with E-state index in [1.165, 1.54) is 0 Å². The average molecular weight is 337 g/mol. The van der Waals surface area contributed by atoms with Crippen LogP contribution in [0.2, 0.25) is 5.02 Å². The summed E-state index contributed by atoms with van der Waals surface area (Å²) in [5.41, 5.74) is 1.12. The molecule has 0 amide bonds. The second-order valence-electron chi connectivity index (χ2n) is 5.65. The van der Waals surface area contributed by atoms with Gasteiger partial charge in [0.15, 0.2) is 0 Å². The van der Waals surface area contributed by atoms with Gasteiger partial charge in [-0.25, -0.2) is 0 Å². The van der Waals surface area contributed by atoms with Crippen LogP contribution in [0.25, 0.3) is 0 Å². The van der Waals surface area contributed by atoms with Gasteiger partial charge in [0.2, 0.25) is 0 Å². The minimum Gasteiger partial charge on any atom is -0.489 e. The summed E-state index contributed by atoms with van der Waals surface area (Å²) in [6, 6.07) is 5.92. The maximum Gasteiger partial charge on any atom is 0.146 e. The Kier molecular flexibility index (Phi) is 6.86. The molecule has 23 heavy (non-hydrogen) atoms. The number of hydrogen-bond donors (Lipinski definition) is 1. The third kappa shape index (κ3) is 5.22. The third-order valence-corrected chi connectivity index (χ3v) is 3.97. The SMILES string of the molecule is CCCn1cnnc1CNCc1ccc(O[C@@H](C)CC)c(Cl)c1. The molecule has 5 nitrogen and oxygen atoms in total. The Morgan fingerprint density at radius 2 is 2.13 bits per heavy atom. The van der Waals surface area contributed by atoms with Gasteiger partial charge in [0, 0.05) is 13.1 Å². The highest BCUT2D eigenvalue weighted by Crippen LogP contribution is 2.26. The van der Waals surface area contributed by atoms with Gasteiger partial charge in [0.05, 0.1) is 17.7 Å². The normalized spacial score (nSPS) is 12.3. The van der Waals surface area contributed by atoms with E-state index in [9.17, 15) is 0 Å². The van der Waals surface area contributed by atoms with Crippen LogP contribution >= 0.6 is 11.6 Å². The molecule has 0 spiro atoms. The Morgan fingerprint density at radius 3 is 2.83 bits per heavy atom. The molecule has 1 atom stereocenters. The van der Waals surface area contributed by atoms with E-state index in [-0.39, 0.29) is 6.10 Å². The van der Waals surface area contributed by atoms with Crippen LogP contribution in [0.4, 0.5) is 0 Å². The van der Waals surface area contributed by atoms with Crippen molar-refractivity contribution in [2.24, 2.45) is 0 Å². The Hall–Kier alpha value is -1.59. The second kappa shape index (κ2) is 8.89. The minimum absolute atomic E-state index is 0.168. The lowest BCUT2D eigenvalue weighted by atomic mass is 10.2. The molecule has 0 radical (unpaired) electrons. The van der Waals surface area contributed by atoms with Crippen molar-refractivity contribution in [3.8, 4) is 5.75 Å². The van der Waals surface area contributed by atoms with Crippen molar-refractivity contribution in [3.05, 3.63) is 40.9 Å². The number of aromatic nitrogens is 3. The zero-order valence-corrected chi connectivity index (χ0v) is 14.8. The van der Waals surface area contributed by atoms with Gasteiger partial charge >= 0.3 is 0 Å². The Morgan fingerprint density at radius 1 is 1.30 bits per heavy atom. The molecular weight excluding hydrogens is 312 g/mol. The molecule has 0 unspecified atom stereocenters. The largest absolute Gasteiger partial charge is 0.489 e. The van der Waals surface area contributed by atoms with Gasteiger partial charge in [-0.3, -0.25) is 0 Å². The van der Waals surface area contributed by atoms with Crippen molar-refractivity contribution < 1.29 is 4.74 Å². The van der Waals surface area contributed by atoms with Gasteiger partial charge in [0.1, 0.15) is 17.9 Å². The summed E-state index contributed by atoms with van der Waals surface area (Å²) in [7, 11) is 0. The fraction of sp³-hybridized carbons (Fsp3) is 0.529. The highest BCUT2D eigenvalue weighted by Gasteiger charge is 2.07. The first-order chi connectivity index (χ1) is 11.1. The number of nitrogens with zero attached hydrogens (tertiary/aromatic N) is 3. The van der Waals surface area contributed by atoms with Crippen molar-refractivity contribution in [3.63, 3.8) is 0 Å². The molecule has 0 fully saturated rings. The Bertz CT molecular complexity index is 614. The first kappa shape index (κ1) is 17.8. The number of rotatable bonds is 9. The Labute approximate surface area is 143 Å². The monoisotopic (exact) mass is 336 g/mol. The lowest BCUT2D eigenvalue weighted by Crippen LogP contribution is -2.17. The summed E-state index contributed by atoms with van der Waals surface area (Å²) < 4.78 is 7.85. The lowest BCUT2D eigenvalue weighted by Gasteiger charge is -2.14. The van der Waals surface area contributed by atoms with Gasteiger partial charge in [-0.1, -0.05) is 31.5 Å². The number of hydrogen-bond acceptors (Lipinski definition) is 4. The van der Waals surface area contributed by atoms with Crippen LogP contribution in [0.3, 0.4) is 0 Å². The molecule has 0 saturated heterocycles. The van der Waals surface area contributed by atoms with E-state index in [2.05, 4.69) is 33.9 Å². The molecule has 1 aromatic heterocycles. The third-order valence-electron chi connectivity index (χ3n) is 3.67. The first-order valence-electron chi connectivity index (χ1n) is 8.16. The average Bonchev–Trinajstić information content (AvgIpc) is 2.97. The van der Waals surface area contributed by atoms with Gasteiger partial charge in [0.25, 0.3) is 0 Å². The summed E-state index contributed by atoms with van der Waals surface area (Å²) in [5.74, 6) is 1.70. The summed E-state index contributed by atoms with van der Waals surface area (Å²) in [4.78, 5) is 0. The molecule has 0 bridgehead atoms. The van der Waals surface area contributed by atoms with E-state index in [4.69, 9.17) is 16.3 Å². The van der Waals surface area contributed by atoms with Gasteiger partial charge in [-0.15, -0.1) is 10.2 Å². The first-order valence-corrected chi connectivity index (χ1v) is 8.54. The highest BCUT2D eigenvalue weighted by molar-refractivity contribution is 6.32. The molecule has 1 heterocycles. The summed E-state index contributed by atoms with van der Waals surface area (Å²) >= 11 is 6.30. The molecule has 0 saturated carbocycles. The predicted molar refractivity (Wildman–Crippen MR) is 92.7 cm³/mol. The molecule has 2 aromatic rings. The van der Waals surface area contributed by atoms with E-state index >= 15 is 0 Å². The second-order valence-corrected chi connectivity index (χ2v) is 6.05. The molecule has 6 heteroatoms. The van der Waals surface area contributed by atoms with Crippen LogP contribution < -0.4 is 10.1 Å². The maximum atomic E-state index is 6.30. The van der Waals surface area contributed by atoms with E-state index in [1.807, 2.05) is 25.1 Å². The van der Waals surface area contributed by atoms with Gasteiger partial charge in [-0.2, -0.15) is 0 Å². The predicted octanol–water partition coefficient (Wildman–Crippen LogP) is 3.81. The van der Waals surface area contributed by atoms with Crippen molar-refractivity contribution in [1.82, 2.24) is 20.1 Å². The van der Waals surface area contributed by atoms with Crippen LogP contribution in [-0.2, 0) is 19.6 Å². The zero-order chi connectivity index (χ0) is 16.7. The number of ether oxygens (including phenoxy) is 1. The number of aryl methyl sites for hydroxylation is 1. The summed E-state index contributed by atoms with van der Waals surface area (Å²) in [6.07, 6.45) is 3.97. The van der Waals surface area contributed by atoms with Crippen LogP contribution in [0.15, 0.2) is 24.5 Å². The topological polar surface area (TPSA) is 52.0 Å². The quantitative estimate of drug-likeness (QED) is 0.756. The lowest BCUT2D eigenvalue weighted by molar-refractivity contribution is 0.217. The fourth-order valence-corrected chi connectivity index (χ4v) is 2.46. The summed E-state index contributed by atoms with van der Waals surface area (Å²) in [6.45, 7) is 8.62. The molecule has 2 rings (SSSR count). The Balaban J connectivity index is 1.88. The smallest absolute Gasteiger partial charge is 0.146 e. The van der Waals surface area contributed by atoms with Crippen LogP contribution in [0.5, 0.6) is 5.75 Å². The fourth-order valence-electron chi connectivity index (χ4n) is 2.21. The van der Waals surface area contributed by atoms with Crippen molar-refractivity contribution >= 4 is 11.6 Å². The molecule has 0 aliphatic heterocycles. The summed E-state index contributed by atoms with van der Waals surface area (Å²) in [5, 5.41) is 12.1. The standard InChI is InChI=1S/C17H25ClN4O/c1-4-8-22-12-20-21-17(22)11-19-10-14-6-7-16(15(18)9-14)23-13(3)5-2/h6-7,9,12-13,19H,4-5,8,10-11H2,1-3H3/t13-/m0/s1. The number of nitrogens with one attached hydrogen (secondary N) is 1. The molecule has 1 aromatic carbocycles. The van der Waals surface area contributed by atoms with Crippen LogP contribution in [-0.4, -0.2) is 20.9 Å². The number of halogens is 1. The van der Waals surface area contributed by atoms with Crippen molar-refractivity contribution in [2.45, 2.75) is 59.4 Å². The minimum atomic E-state index is 0.168. The van der Waals surface area contributed by atoms with Crippen molar-refractivity contribution in [1.29, 1.82) is 0 Å². The zero-order valence-electron chi connectivity index (χ0n) is 14.1. The van der Waals surface area contributed by atoms with E-state index in [0.29, 0.717) is 11.6 Å². The molecule has 1 N–H and O–H groups in total. The van der Waals surface area contributed by atoms with Gasteiger partial charge < -0.3 is 14.6 Å². The van der Waals surface area contributed by atoms with Gasteiger partial charge in [-0.05, 0) is 37.5 Å². The maximum absolute atomic E-state index is 6.30. The van der Waals surface area contributed by atoms with E-state index in [1.54, 1.807) is 6.33 Å². The molecular formula is C17H25ClN4O. The van der Waals surface area contributed by atoms with Crippen LogP contribution in [0, 0.1) is 0 Å². The molecule has 126 valence electrons. The van der Waals surface area contributed by atoms with Crippen LogP contribution in [0.1, 0.15) is 45.0 Å². The highest BCUT2D eigenvalue weighted by atomic mass is 35.5. The number of benzene rings is 1. The van der Waals surface area contributed by atoms with E-state index < -0.39 is 0 Å².